The van der Waals surface area contributed by atoms with Gasteiger partial charge in [0.15, 0.2) is 0 Å². The molecule has 2 saturated carbocycles. The zero-order chi connectivity index (χ0) is 13.7. The Balaban J connectivity index is 2.07. The second kappa shape index (κ2) is 7.08. The van der Waals surface area contributed by atoms with Crippen LogP contribution >= 0.6 is 0 Å². The molecule has 2 heteroatoms. The first kappa shape index (κ1) is 15.3. The van der Waals surface area contributed by atoms with E-state index in [1.807, 2.05) is 0 Å². The van der Waals surface area contributed by atoms with Gasteiger partial charge in [-0.15, -0.1) is 0 Å². The summed E-state index contributed by atoms with van der Waals surface area (Å²) in [5.74, 6) is 1.76. The highest BCUT2D eigenvalue weighted by Gasteiger charge is 2.44. The molecule has 1 N–H and O–H groups in total. The number of likely N-dealkylation sites (N-methyl/N-ethyl adjacent to an activating group) is 1. The van der Waals surface area contributed by atoms with E-state index in [0.717, 1.165) is 18.4 Å². The molecule has 2 fully saturated rings. The van der Waals surface area contributed by atoms with Gasteiger partial charge in [0, 0.05) is 12.6 Å². The van der Waals surface area contributed by atoms with Crippen molar-refractivity contribution >= 4 is 0 Å². The van der Waals surface area contributed by atoms with Gasteiger partial charge in [-0.25, -0.2) is 0 Å². The van der Waals surface area contributed by atoms with Gasteiger partial charge in [0.1, 0.15) is 0 Å². The number of nitrogens with one attached hydrogen (secondary N) is 1. The number of ether oxygens (including phenoxy) is 1. The highest BCUT2D eigenvalue weighted by molar-refractivity contribution is 4.99. The monoisotopic (exact) mass is 267 g/mol. The predicted octanol–water partition coefficient (Wildman–Crippen LogP) is 4.14. The van der Waals surface area contributed by atoms with Crippen LogP contribution in [-0.2, 0) is 4.74 Å². The largest absolute Gasteiger partial charge is 0.374 e. The molecule has 0 aromatic heterocycles. The molecule has 0 saturated heterocycles. The molecule has 2 nitrogen and oxygen atoms in total. The van der Waals surface area contributed by atoms with Crippen LogP contribution in [0.5, 0.6) is 0 Å². The first-order chi connectivity index (χ1) is 9.22. The lowest BCUT2D eigenvalue weighted by molar-refractivity contribution is -0.105. The second-order valence-electron chi connectivity index (χ2n) is 6.84. The van der Waals surface area contributed by atoms with Gasteiger partial charge >= 0.3 is 0 Å². The molecule has 1 atom stereocenters. The van der Waals surface area contributed by atoms with Crippen molar-refractivity contribution in [3.63, 3.8) is 0 Å². The van der Waals surface area contributed by atoms with Crippen LogP contribution in [0.1, 0.15) is 71.6 Å². The van der Waals surface area contributed by atoms with E-state index < -0.39 is 0 Å². The average molecular weight is 267 g/mol. The Morgan fingerprint density at radius 1 is 1.11 bits per heavy atom. The maximum absolute atomic E-state index is 6.34. The Bertz CT molecular complexity index is 246. The normalized spacial score (nSPS) is 33.0. The zero-order valence-electron chi connectivity index (χ0n) is 13.2. The average Bonchev–Trinajstić information content (AvgIpc) is 2.43. The van der Waals surface area contributed by atoms with E-state index in [2.05, 4.69) is 26.2 Å². The van der Waals surface area contributed by atoms with Crippen molar-refractivity contribution in [1.29, 1.82) is 0 Å². The quantitative estimate of drug-likeness (QED) is 0.808. The van der Waals surface area contributed by atoms with Gasteiger partial charge in [0.05, 0.1) is 5.60 Å². The molecule has 0 spiro atoms. The third-order valence-corrected chi connectivity index (χ3v) is 5.54. The van der Waals surface area contributed by atoms with Gasteiger partial charge in [0.2, 0.25) is 0 Å². The molecule has 0 heterocycles. The lowest BCUT2D eigenvalue weighted by atomic mass is 9.69. The Morgan fingerprint density at radius 2 is 1.74 bits per heavy atom. The van der Waals surface area contributed by atoms with E-state index in [1.165, 1.54) is 57.8 Å². The Hall–Kier alpha value is -0.0800. The summed E-state index contributed by atoms with van der Waals surface area (Å²) in [6, 6.07) is 0.570. The van der Waals surface area contributed by atoms with Crippen LogP contribution in [0.15, 0.2) is 0 Å². The van der Waals surface area contributed by atoms with Crippen molar-refractivity contribution in [2.75, 3.05) is 13.7 Å². The smallest absolute Gasteiger partial charge is 0.0837 e. The lowest BCUT2D eigenvalue weighted by Crippen LogP contribution is -2.56. The van der Waals surface area contributed by atoms with Crippen LogP contribution in [0.3, 0.4) is 0 Å². The summed E-state index contributed by atoms with van der Waals surface area (Å²) in [4.78, 5) is 0. The molecule has 0 bridgehead atoms. The van der Waals surface area contributed by atoms with Crippen LogP contribution in [0.2, 0.25) is 0 Å². The molecular formula is C17H33NO. The first-order valence-corrected chi connectivity index (χ1v) is 8.53. The van der Waals surface area contributed by atoms with Crippen molar-refractivity contribution in [2.45, 2.75) is 83.3 Å². The van der Waals surface area contributed by atoms with Crippen LogP contribution in [0.4, 0.5) is 0 Å². The summed E-state index contributed by atoms with van der Waals surface area (Å²) in [6.45, 7) is 5.43. The van der Waals surface area contributed by atoms with Gasteiger partial charge in [0.25, 0.3) is 0 Å². The summed E-state index contributed by atoms with van der Waals surface area (Å²) in [5, 5.41) is 3.66. The fourth-order valence-electron chi connectivity index (χ4n) is 4.53. The fourth-order valence-corrected chi connectivity index (χ4v) is 4.53. The van der Waals surface area contributed by atoms with Crippen molar-refractivity contribution in [2.24, 2.45) is 11.8 Å². The van der Waals surface area contributed by atoms with Gasteiger partial charge in [-0.2, -0.15) is 0 Å². The van der Waals surface area contributed by atoms with E-state index >= 15 is 0 Å². The topological polar surface area (TPSA) is 21.3 Å². The number of hydrogen-bond acceptors (Lipinski definition) is 2. The molecule has 0 aliphatic heterocycles. The molecule has 2 aliphatic rings. The molecule has 1 unspecified atom stereocenters. The molecular weight excluding hydrogens is 234 g/mol. The van der Waals surface area contributed by atoms with Gasteiger partial charge < -0.3 is 10.1 Å². The third-order valence-electron chi connectivity index (χ3n) is 5.54. The molecule has 112 valence electrons. The van der Waals surface area contributed by atoms with Crippen molar-refractivity contribution in [1.82, 2.24) is 5.32 Å². The molecule has 2 aliphatic carbocycles. The molecule has 0 radical (unpaired) electrons. The first-order valence-electron chi connectivity index (χ1n) is 8.53. The van der Waals surface area contributed by atoms with E-state index in [-0.39, 0.29) is 5.60 Å². The molecule has 19 heavy (non-hydrogen) atoms. The minimum Gasteiger partial charge on any atom is -0.374 e. The maximum atomic E-state index is 6.34. The summed E-state index contributed by atoms with van der Waals surface area (Å²) in [7, 11) is 2.15. The third kappa shape index (κ3) is 3.52. The van der Waals surface area contributed by atoms with E-state index in [0.29, 0.717) is 6.04 Å². The van der Waals surface area contributed by atoms with Crippen molar-refractivity contribution in [3.05, 3.63) is 0 Å². The van der Waals surface area contributed by atoms with Crippen molar-refractivity contribution in [3.8, 4) is 0 Å². The molecule has 0 aromatic rings. The Labute approximate surface area is 119 Å². The van der Waals surface area contributed by atoms with Crippen LogP contribution in [-0.4, -0.2) is 25.3 Å². The minimum absolute atomic E-state index is 0.132. The summed E-state index contributed by atoms with van der Waals surface area (Å²) >= 11 is 0. The van der Waals surface area contributed by atoms with Crippen molar-refractivity contribution < 1.29 is 4.74 Å². The molecule has 0 amide bonds. The predicted molar refractivity (Wildman–Crippen MR) is 81.4 cm³/mol. The second-order valence-corrected chi connectivity index (χ2v) is 6.84. The Kier molecular flexibility index (Phi) is 5.70. The SMILES string of the molecule is CCOC1(C(NC)C2CCC(C)CC2)CCCCC1. The van der Waals surface area contributed by atoms with E-state index in [9.17, 15) is 0 Å². The van der Waals surface area contributed by atoms with Gasteiger partial charge in [-0.1, -0.05) is 39.0 Å². The van der Waals surface area contributed by atoms with Gasteiger partial charge in [-0.3, -0.25) is 0 Å². The maximum Gasteiger partial charge on any atom is 0.0837 e. The standard InChI is InChI=1S/C17H33NO/c1-4-19-17(12-6-5-7-13-17)16(18-3)15-10-8-14(2)9-11-15/h14-16,18H,4-13H2,1-3H3. The highest BCUT2D eigenvalue weighted by Crippen LogP contribution is 2.41. The number of rotatable bonds is 5. The lowest BCUT2D eigenvalue weighted by Gasteiger charge is -2.47. The highest BCUT2D eigenvalue weighted by atomic mass is 16.5. The summed E-state index contributed by atoms with van der Waals surface area (Å²) in [6.07, 6.45) is 12.2. The van der Waals surface area contributed by atoms with Crippen LogP contribution in [0.25, 0.3) is 0 Å². The summed E-state index contributed by atoms with van der Waals surface area (Å²) < 4.78 is 6.34. The van der Waals surface area contributed by atoms with Crippen LogP contribution < -0.4 is 5.32 Å². The Morgan fingerprint density at radius 3 is 2.26 bits per heavy atom. The zero-order valence-corrected chi connectivity index (χ0v) is 13.2. The fraction of sp³-hybridized carbons (Fsp3) is 1.00. The minimum atomic E-state index is 0.132. The van der Waals surface area contributed by atoms with Crippen LogP contribution in [0, 0.1) is 11.8 Å². The number of hydrogen-bond donors (Lipinski definition) is 1. The molecule has 0 aromatic carbocycles. The van der Waals surface area contributed by atoms with E-state index in [4.69, 9.17) is 4.74 Å². The molecule has 2 rings (SSSR count). The van der Waals surface area contributed by atoms with Gasteiger partial charge in [-0.05, 0) is 51.5 Å². The van der Waals surface area contributed by atoms with E-state index in [1.54, 1.807) is 0 Å². The summed E-state index contributed by atoms with van der Waals surface area (Å²) in [5.41, 5.74) is 0.132.